The summed E-state index contributed by atoms with van der Waals surface area (Å²) in [4.78, 5) is 17.1. The van der Waals surface area contributed by atoms with Crippen molar-refractivity contribution in [1.82, 2.24) is 10.3 Å². The number of ether oxygens (including phenoxy) is 2. The van der Waals surface area contributed by atoms with Gasteiger partial charge in [0.1, 0.15) is 40.0 Å². The van der Waals surface area contributed by atoms with Crippen LogP contribution in [0.3, 0.4) is 0 Å². The molecule has 1 atom stereocenters. The van der Waals surface area contributed by atoms with Crippen molar-refractivity contribution in [2.24, 2.45) is 7.05 Å². The van der Waals surface area contributed by atoms with E-state index in [0.717, 1.165) is 16.4 Å². The molecular formula is C21H18ClN7O5S. The van der Waals surface area contributed by atoms with E-state index in [4.69, 9.17) is 26.8 Å². The lowest BCUT2D eigenvalue weighted by Crippen LogP contribution is -2.32. The number of carbonyl (C=O) groups is 1. The fraction of sp³-hybridized carbons (Fsp3) is 0.238. The smallest absolute Gasteiger partial charge is 0.266 e. The summed E-state index contributed by atoms with van der Waals surface area (Å²) < 4.78 is 16.2. The minimum Gasteiger partial charge on any atom is -0.539 e. The minimum atomic E-state index is -0.865. The second-order valence-electron chi connectivity index (χ2n) is 6.92. The molecule has 0 radical (unpaired) electrons. The van der Waals surface area contributed by atoms with E-state index < -0.39 is 17.1 Å². The van der Waals surface area contributed by atoms with Gasteiger partial charge in [-0.25, -0.2) is 4.98 Å². The van der Waals surface area contributed by atoms with Crippen LogP contribution in [0.2, 0.25) is 5.02 Å². The Morgan fingerprint density at radius 2 is 1.94 bits per heavy atom. The van der Waals surface area contributed by atoms with Crippen molar-refractivity contribution in [2.45, 2.75) is 17.2 Å². The Balaban J connectivity index is 1.99. The molecule has 2 aromatic heterocycles. The fourth-order valence-electron chi connectivity index (χ4n) is 3.11. The number of rotatable bonds is 7. The van der Waals surface area contributed by atoms with Crippen LogP contribution in [0.5, 0.6) is 17.4 Å². The number of nitrogens with one attached hydrogen (secondary N) is 1. The number of aryl methyl sites for hydroxylation is 1. The van der Waals surface area contributed by atoms with Crippen molar-refractivity contribution in [3.05, 3.63) is 28.3 Å². The van der Waals surface area contributed by atoms with E-state index >= 15 is 0 Å². The van der Waals surface area contributed by atoms with E-state index in [1.807, 2.05) is 12.1 Å². The van der Waals surface area contributed by atoms with Crippen molar-refractivity contribution in [1.29, 1.82) is 10.5 Å². The number of carbonyl (C=O) groups excluding carboxylic acids is 1. The molecule has 35 heavy (non-hydrogen) atoms. The largest absolute Gasteiger partial charge is 0.539 e. The van der Waals surface area contributed by atoms with Gasteiger partial charge >= 0.3 is 0 Å². The summed E-state index contributed by atoms with van der Waals surface area (Å²) in [5.74, 6) is -0.866. The maximum Gasteiger partial charge on any atom is 0.266 e. The summed E-state index contributed by atoms with van der Waals surface area (Å²) in [7, 11) is 4.29. The number of halogens is 1. The highest BCUT2D eigenvalue weighted by molar-refractivity contribution is 8.00. The lowest BCUT2D eigenvalue weighted by molar-refractivity contribution is -0.730. The maximum atomic E-state index is 12.9. The first-order valence-corrected chi connectivity index (χ1v) is 11.0. The van der Waals surface area contributed by atoms with Crippen LogP contribution in [-0.2, 0) is 11.8 Å². The van der Waals surface area contributed by atoms with Crippen LogP contribution in [0.4, 0.5) is 11.5 Å². The summed E-state index contributed by atoms with van der Waals surface area (Å²) in [5.41, 5.74) is 5.73. The number of methoxy groups -OCH3 is 2. The van der Waals surface area contributed by atoms with E-state index in [-0.39, 0.29) is 38.3 Å². The minimum absolute atomic E-state index is 0.0435. The van der Waals surface area contributed by atoms with E-state index in [9.17, 15) is 20.4 Å². The molecule has 0 saturated heterocycles. The van der Waals surface area contributed by atoms with Crippen molar-refractivity contribution >= 4 is 40.8 Å². The van der Waals surface area contributed by atoms with Crippen LogP contribution < -0.4 is 30.3 Å². The Labute approximate surface area is 208 Å². The SMILES string of the molecule is COc1cc(OC)c(NC(=O)C(C)Sc2nc(N)c(C#N)c(-c3c([O-])on[n+]3C)c2C#N)cc1Cl. The average Bonchev–Trinajstić information content (AvgIpc) is 3.16. The van der Waals surface area contributed by atoms with Gasteiger partial charge in [-0.2, -0.15) is 10.5 Å². The van der Waals surface area contributed by atoms with Crippen LogP contribution >= 0.6 is 23.4 Å². The number of aromatic nitrogens is 3. The Bertz CT molecular complexity index is 1380. The van der Waals surface area contributed by atoms with Gasteiger partial charge in [-0.15, -0.1) is 0 Å². The molecule has 14 heteroatoms. The molecule has 0 spiro atoms. The van der Waals surface area contributed by atoms with Gasteiger partial charge in [0.25, 0.3) is 5.69 Å². The third-order valence-electron chi connectivity index (χ3n) is 4.81. The number of nitrogen functional groups attached to an aromatic ring is 1. The Morgan fingerprint density at radius 1 is 1.29 bits per heavy atom. The predicted octanol–water partition coefficient (Wildman–Crippen LogP) is 1.75. The van der Waals surface area contributed by atoms with E-state index in [1.54, 1.807) is 6.92 Å². The molecule has 0 aliphatic carbocycles. The third-order valence-corrected chi connectivity index (χ3v) is 6.19. The van der Waals surface area contributed by atoms with Gasteiger partial charge in [-0.3, -0.25) is 4.79 Å². The highest BCUT2D eigenvalue weighted by atomic mass is 35.5. The first-order chi connectivity index (χ1) is 16.7. The summed E-state index contributed by atoms with van der Waals surface area (Å²) in [6.45, 7) is 1.58. The first kappa shape index (κ1) is 25.4. The number of nitrogens with zero attached hydrogens (tertiary/aromatic N) is 5. The van der Waals surface area contributed by atoms with Gasteiger partial charge in [-0.1, -0.05) is 28.0 Å². The first-order valence-electron chi connectivity index (χ1n) is 9.72. The Kier molecular flexibility index (Phi) is 7.54. The lowest BCUT2D eigenvalue weighted by atomic mass is 10.0. The van der Waals surface area contributed by atoms with E-state index in [2.05, 4.69) is 20.1 Å². The molecular weight excluding hydrogens is 498 g/mol. The molecule has 3 N–H and O–H groups in total. The molecule has 3 rings (SSSR count). The van der Waals surface area contributed by atoms with E-state index in [1.165, 1.54) is 33.4 Å². The molecule has 3 aromatic rings. The number of nitriles is 2. The molecule has 2 heterocycles. The number of pyridine rings is 1. The molecule has 0 bridgehead atoms. The van der Waals surface area contributed by atoms with Gasteiger partial charge in [0.15, 0.2) is 13.0 Å². The lowest BCUT2D eigenvalue weighted by Gasteiger charge is -2.17. The van der Waals surface area contributed by atoms with Gasteiger partial charge < -0.3 is 30.2 Å². The second-order valence-corrected chi connectivity index (χ2v) is 8.66. The zero-order chi connectivity index (χ0) is 25.9. The molecule has 0 aliphatic heterocycles. The summed E-state index contributed by atoms with van der Waals surface area (Å²) in [5, 5.41) is 37.4. The molecule has 0 fully saturated rings. The van der Waals surface area contributed by atoms with Crippen molar-refractivity contribution < 1.29 is 28.6 Å². The maximum absolute atomic E-state index is 12.9. The number of hydrogen-bond acceptors (Lipinski definition) is 11. The van der Waals surface area contributed by atoms with Crippen LogP contribution in [0.15, 0.2) is 21.7 Å². The number of thioether (sulfide) groups is 1. The van der Waals surface area contributed by atoms with Gasteiger partial charge in [0.05, 0.1) is 46.6 Å². The molecule has 1 amide bonds. The normalized spacial score (nSPS) is 11.3. The molecule has 180 valence electrons. The number of hydrogen-bond donors (Lipinski definition) is 2. The summed E-state index contributed by atoms with van der Waals surface area (Å²) in [6, 6.07) is 6.81. The second kappa shape index (κ2) is 10.4. The molecule has 0 saturated carbocycles. The monoisotopic (exact) mass is 515 g/mol. The molecule has 12 nitrogen and oxygen atoms in total. The Hall–Kier alpha value is -4.20. The van der Waals surface area contributed by atoms with Crippen molar-refractivity contribution in [3.63, 3.8) is 0 Å². The van der Waals surface area contributed by atoms with Crippen LogP contribution in [0.25, 0.3) is 11.3 Å². The number of amides is 1. The summed E-state index contributed by atoms with van der Waals surface area (Å²) >= 11 is 7.07. The Morgan fingerprint density at radius 3 is 2.49 bits per heavy atom. The number of nitrogens with two attached hydrogens (primary N) is 1. The van der Waals surface area contributed by atoms with Crippen molar-refractivity contribution in [3.8, 4) is 40.8 Å². The van der Waals surface area contributed by atoms with Gasteiger partial charge in [0, 0.05) is 6.07 Å². The fourth-order valence-corrected chi connectivity index (χ4v) is 4.27. The van der Waals surface area contributed by atoms with Crippen molar-refractivity contribution in [2.75, 3.05) is 25.3 Å². The van der Waals surface area contributed by atoms with Gasteiger partial charge in [0.2, 0.25) is 5.91 Å². The number of anilines is 2. The topological polar surface area (TPSA) is 187 Å². The third kappa shape index (κ3) is 4.87. The molecule has 1 unspecified atom stereocenters. The molecule has 0 aliphatic rings. The summed E-state index contributed by atoms with van der Waals surface area (Å²) in [6.07, 6.45) is 0. The number of benzene rings is 1. The zero-order valence-corrected chi connectivity index (χ0v) is 20.4. The quantitative estimate of drug-likeness (QED) is 0.344. The highest BCUT2D eigenvalue weighted by Gasteiger charge is 2.30. The van der Waals surface area contributed by atoms with E-state index in [0.29, 0.717) is 17.2 Å². The van der Waals surface area contributed by atoms with Crippen LogP contribution in [-0.4, -0.2) is 35.6 Å². The highest BCUT2D eigenvalue weighted by Crippen LogP contribution is 2.39. The van der Waals surface area contributed by atoms with Crippen LogP contribution in [0, 0.1) is 22.7 Å². The zero-order valence-electron chi connectivity index (χ0n) is 18.9. The van der Waals surface area contributed by atoms with Crippen LogP contribution in [0.1, 0.15) is 18.1 Å². The standard InChI is InChI=1S/C21H18ClN7O5S/c1-9(19(30)26-13-5-12(22)14(32-3)6-15(13)33-4)35-20-11(8-24)16(10(7-23)18(25)27-20)17-21(31)34-28-29(17)2/h5-6,9H,1-4H3,(H3-,25,26,27,28,30,31). The average molecular weight is 516 g/mol. The molecule has 1 aromatic carbocycles. The predicted molar refractivity (Wildman–Crippen MR) is 123 cm³/mol. The van der Waals surface area contributed by atoms with Gasteiger partial charge in [-0.05, 0) is 13.0 Å².